The normalized spacial score (nSPS) is 14.9. The maximum Gasteiger partial charge on any atom is 0.322 e. The van der Waals surface area contributed by atoms with E-state index >= 15 is 0 Å². The molecule has 0 spiro atoms. The van der Waals surface area contributed by atoms with E-state index in [0.29, 0.717) is 0 Å². The van der Waals surface area contributed by atoms with Crippen LogP contribution in [0.1, 0.15) is 30.9 Å². The molecule has 2 rings (SSSR count). The number of likely N-dealkylation sites (N-methyl/N-ethyl adjacent to an activating group) is 1. The first-order valence-electron chi connectivity index (χ1n) is 7.30. The second kappa shape index (κ2) is 7.70. The third kappa shape index (κ3) is 4.00. The average Bonchev–Trinajstić information content (AvgIpc) is 2.93. The van der Waals surface area contributed by atoms with Crippen molar-refractivity contribution in [2.45, 2.75) is 43.5 Å². The Hall–Kier alpha value is -1.00. The Balaban J connectivity index is 1.83. The Labute approximate surface area is 125 Å². The summed E-state index contributed by atoms with van der Waals surface area (Å²) in [4.78, 5) is 12.9. The Bertz CT molecular complexity index is 462. The van der Waals surface area contributed by atoms with Gasteiger partial charge in [-0.05, 0) is 55.5 Å². The minimum atomic E-state index is -0.188. The molecule has 0 radical (unpaired) electrons. The quantitative estimate of drug-likeness (QED) is 0.620. The molecule has 20 heavy (non-hydrogen) atoms. The number of hydrogen-bond donors (Lipinski definition) is 1. The standard InChI is InChI=1S/C16H23NO2S/c1-3-17-15(16(18)19-2)9-10-20-14-8-7-12-5-4-6-13(12)11-14/h7-8,11,15,17H,3-6,9-10H2,1-2H3. The smallest absolute Gasteiger partial charge is 0.322 e. The fourth-order valence-corrected chi connectivity index (χ4v) is 3.60. The second-order valence-corrected chi connectivity index (χ2v) is 6.22. The van der Waals surface area contributed by atoms with E-state index in [9.17, 15) is 4.79 Å². The van der Waals surface area contributed by atoms with E-state index in [-0.39, 0.29) is 12.0 Å². The molecule has 1 unspecified atom stereocenters. The van der Waals surface area contributed by atoms with E-state index in [4.69, 9.17) is 4.74 Å². The summed E-state index contributed by atoms with van der Waals surface area (Å²) in [6.45, 7) is 2.78. The molecule has 1 atom stereocenters. The lowest BCUT2D eigenvalue weighted by Crippen LogP contribution is -2.37. The molecule has 0 fully saturated rings. The van der Waals surface area contributed by atoms with Gasteiger partial charge in [0, 0.05) is 10.6 Å². The number of fused-ring (bicyclic) bond motifs is 1. The van der Waals surface area contributed by atoms with Crippen molar-refractivity contribution in [3.05, 3.63) is 29.3 Å². The van der Waals surface area contributed by atoms with Crippen LogP contribution in [-0.4, -0.2) is 31.4 Å². The number of rotatable bonds is 7. The Morgan fingerprint density at radius 2 is 2.20 bits per heavy atom. The fourth-order valence-electron chi connectivity index (χ4n) is 2.62. The lowest BCUT2D eigenvalue weighted by Gasteiger charge is -2.15. The van der Waals surface area contributed by atoms with Crippen molar-refractivity contribution in [2.24, 2.45) is 0 Å². The number of methoxy groups -OCH3 is 1. The number of carbonyl (C=O) groups excluding carboxylic acids is 1. The van der Waals surface area contributed by atoms with Crippen LogP contribution in [-0.2, 0) is 22.4 Å². The van der Waals surface area contributed by atoms with Gasteiger partial charge in [0.25, 0.3) is 0 Å². The Morgan fingerprint density at radius 1 is 1.40 bits per heavy atom. The lowest BCUT2D eigenvalue weighted by molar-refractivity contribution is -0.143. The first-order chi connectivity index (χ1) is 9.74. The summed E-state index contributed by atoms with van der Waals surface area (Å²) >= 11 is 1.82. The van der Waals surface area contributed by atoms with E-state index < -0.39 is 0 Å². The number of esters is 1. The van der Waals surface area contributed by atoms with Crippen molar-refractivity contribution in [3.63, 3.8) is 0 Å². The first kappa shape index (κ1) is 15.4. The van der Waals surface area contributed by atoms with Gasteiger partial charge in [0.05, 0.1) is 7.11 Å². The zero-order valence-corrected chi connectivity index (χ0v) is 13.1. The van der Waals surface area contributed by atoms with Gasteiger partial charge < -0.3 is 10.1 Å². The molecule has 110 valence electrons. The largest absolute Gasteiger partial charge is 0.468 e. The van der Waals surface area contributed by atoms with Crippen LogP contribution in [0, 0.1) is 0 Å². The molecule has 1 N–H and O–H groups in total. The topological polar surface area (TPSA) is 38.3 Å². The van der Waals surface area contributed by atoms with Crippen LogP contribution in [0.3, 0.4) is 0 Å². The van der Waals surface area contributed by atoms with Crippen molar-refractivity contribution in [1.29, 1.82) is 0 Å². The molecule has 0 saturated heterocycles. The van der Waals surface area contributed by atoms with Crippen LogP contribution in [0.25, 0.3) is 0 Å². The lowest BCUT2D eigenvalue weighted by atomic mass is 10.1. The summed E-state index contributed by atoms with van der Waals surface area (Å²) in [6.07, 6.45) is 4.52. The summed E-state index contributed by atoms with van der Waals surface area (Å²) < 4.78 is 4.82. The molecular weight excluding hydrogens is 270 g/mol. The molecule has 1 aromatic rings. The Kier molecular flexibility index (Phi) is 5.92. The first-order valence-corrected chi connectivity index (χ1v) is 8.29. The zero-order valence-electron chi connectivity index (χ0n) is 12.3. The van der Waals surface area contributed by atoms with Gasteiger partial charge in [-0.1, -0.05) is 13.0 Å². The van der Waals surface area contributed by atoms with Crippen LogP contribution in [0.15, 0.2) is 23.1 Å². The van der Waals surface area contributed by atoms with Gasteiger partial charge in [-0.15, -0.1) is 11.8 Å². The van der Waals surface area contributed by atoms with E-state index in [1.54, 1.807) is 0 Å². The molecule has 0 bridgehead atoms. The number of carbonyl (C=O) groups is 1. The second-order valence-electron chi connectivity index (χ2n) is 5.05. The summed E-state index contributed by atoms with van der Waals surface area (Å²) in [5, 5.41) is 3.17. The number of thioether (sulfide) groups is 1. The van der Waals surface area contributed by atoms with Gasteiger partial charge in [0.2, 0.25) is 0 Å². The maximum absolute atomic E-state index is 11.6. The number of aryl methyl sites for hydroxylation is 2. The number of benzene rings is 1. The molecule has 0 amide bonds. The van der Waals surface area contributed by atoms with Gasteiger partial charge >= 0.3 is 5.97 Å². The molecule has 3 nitrogen and oxygen atoms in total. The van der Waals surface area contributed by atoms with Gasteiger partial charge in [-0.3, -0.25) is 4.79 Å². The van der Waals surface area contributed by atoms with Crippen molar-refractivity contribution in [3.8, 4) is 0 Å². The highest BCUT2D eigenvalue weighted by Crippen LogP contribution is 2.28. The zero-order chi connectivity index (χ0) is 14.4. The highest BCUT2D eigenvalue weighted by molar-refractivity contribution is 7.99. The van der Waals surface area contributed by atoms with E-state index in [1.165, 1.54) is 42.4 Å². The molecule has 0 aromatic heterocycles. The van der Waals surface area contributed by atoms with Crippen LogP contribution in [0.4, 0.5) is 0 Å². The summed E-state index contributed by atoms with van der Waals surface area (Å²) in [6, 6.07) is 6.59. The monoisotopic (exact) mass is 293 g/mol. The fraction of sp³-hybridized carbons (Fsp3) is 0.562. The summed E-state index contributed by atoms with van der Waals surface area (Å²) in [7, 11) is 1.44. The molecular formula is C16H23NO2S. The highest BCUT2D eigenvalue weighted by atomic mass is 32.2. The van der Waals surface area contributed by atoms with Gasteiger partial charge in [-0.2, -0.15) is 0 Å². The summed E-state index contributed by atoms with van der Waals surface area (Å²) in [5.74, 6) is 0.757. The minimum absolute atomic E-state index is 0.165. The van der Waals surface area contributed by atoms with Gasteiger partial charge in [0.1, 0.15) is 6.04 Å². The molecule has 0 saturated carbocycles. The molecule has 1 aromatic carbocycles. The number of ether oxygens (including phenoxy) is 1. The highest BCUT2D eigenvalue weighted by Gasteiger charge is 2.17. The van der Waals surface area contributed by atoms with Gasteiger partial charge in [-0.25, -0.2) is 0 Å². The number of nitrogens with one attached hydrogen (secondary N) is 1. The van der Waals surface area contributed by atoms with Crippen molar-refractivity contribution < 1.29 is 9.53 Å². The molecule has 1 aliphatic rings. The van der Waals surface area contributed by atoms with E-state index in [0.717, 1.165) is 18.7 Å². The third-order valence-corrected chi connectivity index (χ3v) is 4.71. The van der Waals surface area contributed by atoms with Crippen LogP contribution in [0.2, 0.25) is 0 Å². The average molecular weight is 293 g/mol. The van der Waals surface area contributed by atoms with Gasteiger partial charge in [0.15, 0.2) is 0 Å². The van der Waals surface area contributed by atoms with E-state index in [1.807, 2.05) is 18.7 Å². The van der Waals surface area contributed by atoms with E-state index in [2.05, 4.69) is 23.5 Å². The van der Waals surface area contributed by atoms with Crippen LogP contribution in [0.5, 0.6) is 0 Å². The molecule has 0 heterocycles. The molecule has 4 heteroatoms. The summed E-state index contributed by atoms with van der Waals surface area (Å²) in [5.41, 5.74) is 3.01. The van der Waals surface area contributed by atoms with Crippen LogP contribution >= 0.6 is 11.8 Å². The minimum Gasteiger partial charge on any atom is -0.468 e. The number of hydrogen-bond acceptors (Lipinski definition) is 4. The predicted octanol–water partition coefficient (Wildman–Crippen LogP) is 2.81. The van der Waals surface area contributed by atoms with Crippen molar-refractivity contribution in [2.75, 3.05) is 19.4 Å². The SMILES string of the molecule is CCNC(CCSc1ccc2c(c1)CCC2)C(=O)OC. The third-order valence-electron chi connectivity index (χ3n) is 3.68. The predicted molar refractivity (Wildman–Crippen MR) is 83.3 cm³/mol. The Morgan fingerprint density at radius 3 is 2.95 bits per heavy atom. The molecule has 0 aliphatic heterocycles. The molecule has 1 aliphatic carbocycles. The van der Waals surface area contributed by atoms with Crippen LogP contribution < -0.4 is 5.32 Å². The van der Waals surface area contributed by atoms with Crippen molar-refractivity contribution >= 4 is 17.7 Å². The van der Waals surface area contributed by atoms with Crippen molar-refractivity contribution in [1.82, 2.24) is 5.32 Å². The maximum atomic E-state index is 11.6.